The lowest BCUT2D eigenvalue weighted by Gasteiger charge is -2.31. The molecule has 0 saturated heterocycles. The third-order valence-corrected chi connectivity index (χ3v) is 3.78. The largest absolute Gasteiger partial charge is 0.449 e. The van der Waals surface area contributed by atoms with Crippen LogP contribution in [-0.2, 0) is 9.53 Å². The summed E-state index contributed by atoms with van der Waals surface area (Å²) in [5.74, 6) is 6.33. The van der Waals surface area contributed by atoms with Gasteiger partial charge in [-0.2, -0.15) is 0 Å². The lowest BCUT2D eigenvalue weighted by atomic mass is 9.78. The van der Waals surface area contributed by atoms with E-state index < -0.39 is 0 Å². The molecule has 106 valence electrons. The van der Waals surface area contributed by atoms with Crippen LogP contribution in [0.4, 0.5) is 0 Å². The fraction of sp³-hybridized carbons (Fsp3) is 0.706. The Balaban J connectivity index is 2.83. The van der Waals surface area contributed by atoms with Gasteiger partial charge in [0.1, 0.15) is 0 Å². The highest BCUT2D eigenvalue weighted by molar-refractivity contribution is 5.66. The summed E-state index contributed by atoms with van der Waals surface area (Å²) in [4.78, 5) is 11.2. The standard InChI is InChI=1S/C17H26O2/c1-13(17(3,4)5)16(19-14(2)18)12-11-15-9-7-6-8-10-15/h9,13,16H,6-8,10H2,1-5H3/t13-,16?/m0/s1. The van der Waals surface area contributed by atoms with Crippen LogP contribution in [0.5, 0.6) is 0 Å². The molecule has 1 aliphatic carbocycles. The highest BCUT2D eigenvalue weighted by Gasteiger charge is 2.29. The van der Waals surface area contributed by atoms with Crippen molar-refractivity contribution in [1.82, 2.24) is 0 Å². The first-order valence-corrected chi connectivity index (χ1v) is 7.18. The van der Waals surface area contributed by atoms with Gasteiger partial charge >= 0.3 is 5.97 Å². The highest BCUT2D eigenvalue weighted by atomic mass is 16.5. The molecule has 0 amide bonds. The van der Waals surface area contributed by atoms with Crippen LogP contribution in [0.1, 0.15) is 60.3 Å². The van der Waals surface area contributed by atoms with E-state index >= 15 is 0 Å². The van der Waals surface area contributed by atoms with Gasteiger partial charge in [0.05, 0.1) is 0 Å². The number of esters is 1. The molecular weight excluding hydrogens is 236 g/mol. The van der Waals surface area contributed by atoms with Gasteiger partial charge in [-0.3, -0.25) is 4.79 Å². The lowest BCUT2D eigenvalue weighted by molar-refractivity contribution is -0.147. The van der Waals surface area contributed by atoms with Gasteiger partial charge in [-0.1, -0.05) is 45.6 Å². The van der Waals surface area contributed by atoms with Gasteiger partial charge in [-0.15, -0.1) is 0 Å². The quantitative estimate of drug-likeness (QED) is 0.553. The van der Waals surface area contributed by atoms with Crippen LogP contribution in [-0.4, -0.2) is 12.1 Å². The number of ether oxygens (including phenoxy) is 1. The topological polar surface area (TPSA) is 26.3 Å². The summed E-state index contributed by atoms with van der Waals surface area (Å²) < 4.78 is 5.39. The molecule has 0 radical (unpaired) electrons. The molecule has 0 aromatic rings. The number of carbonyl (C=O) groups excluding carboxylic acids is 1. The average molecular weight is 262 g/mol. The number of allylic oxidation sites excluding steroid dienone is 2. The summed E-state index contributed by atoms with van der Waals surface area (Å²) in [7, 11) is 0. The Morgan fingerprint density at radius 2 is 2.05 bits per heavy atom. The van der Waals surface area contributed by atoms with E-state index in [0.29, 0.717) is 0 Å². The lowest BCUT2D eigenvalue weighted by Crippen LogP contribution is -2.32. The Morgan fingerprint density at radius 3 is 2.53 bits per heavy atom. The predicted octanol–water partition coefficient (Wildman–Crippen LogP) is 4.10. The minimum absolute atomic E-state index is 0.0652. The van der Waals surface area contributed by atoms with Crippen molar-refractivity contribution in [1.29, 1.82) is 0 Å². The Kier molecular flexibility index (Phi) is 5.66. The Bertz CT molecular complexity index is 401. The van der Waals surface area contributed by atoms with E-state index in [2.05, 4.69) is 45.6 Å². The molecule has 0 bridgehead atoms. The second-order valence-corrected chi connectivity index (χ2v) is 6.43. The van der Waals surface area contributed by atoms with Crippen LogP contribution in [0, 0.1) is 23.2 Å². The molecule has 0 aromatic carbocycles. The van der Waals surface area contributed by atoms with E-state index in [1.807, 2.05) is 0 Å². The fourth-order valence-electron chi connectivity index (χ4n) is 2.00. The fourth-order valence-corrected chi connectivity index (χ4v) is 2.00. The third kappa shape index (κ3) is 5.51. The zero-order chi connectivity index (χ0) is 14.5. The van der Waals surface area contributed by atoms with Gasteiger partial charge in [0, 0.05) is 12.8 Å². The van der Waals surface area contributed by atoms with Crippen molar-refractivity contribution in [3.63, 3.8) is 0 Å². The van der Waals surface area contributed by atoms with E-state index in [0.717, 1.165) is 12.8 Å². The Morgan fingerprint density at radius 1 is 1.37 bits per heavy atom. The van der Waals surface area contributed by atoms with Gasteiger partial charge in [0.15, 0.2) is 6.10 Å². The normalized spacial score (nSPS) is 18.7. The molecule has 0 N–H and O–H groups in total. The van der Waals surface area contributed by atoms with Gasteiger partial charge in [0.2, 0.25) is 0 Å². The number of carbonyl (C=O) groups is 1. The van der Waals surface area contributed by atoms with Crippen molar-refractivity contribution in [3.05, 3.63) is 11.6 Å². The van der Waals surface area contributed by atoms with Gasteiger partial charge < -0.3 is 4.74 Å². The monoisotopic (exact) mass is 262 g/mol. The van der Waals surface area contributed by atoms with Crippen LogP contribution in [0.25, 0.3) is 0 Å². The molecule has 2 nitrogen and oxygen atoms in total. The summed E-state index contributed by atoms with van der Waals surface area (Å²) >= 11 is 0. The molecule has 0 heterocycles. The molecule has 0 aliphatic heterocycles. The van der Waals surface area contributed by atoms with E-state index in [-0.39, 0.29) is 23.4 Å². The van der Waals surface area contributed by atoms with Crippen molar-refractivity contribution in [2.24, 2.45) is 11.3 Å². The molecule has 2 heteroatoms. The van der Waals surface area contributed by atoms with E-state index in [9.17, 15) is 4.79 Å². The van der Waals surface area contributed by atoms with Crippen molar-refractivity contribution < 1.29 is 9.53 Å². The Labute approximate surface area is 117 Å². The van der Waals surface area contributed by atoms with E-state index in [4.69, 9.17) is 4.74 Å². The molecule has 0 aromatic heterocycles. The zero-order valence-electron chi connectivity index (χ0n) is 12.9. The predicted molar refractivity (Wildman–Crippen MR) is 78.5 cm³/mol. The first-order valence-electron chi connectivity index (χ1n) is 7.18. The zero-order valence-corrected chi connectivity index (χ0v) is 12.9. The molecule has 19 heavy (non-hydrogen) atoms. The van der Waals surface area contributed by atoms with Crippen LogP contribution < -0.4 is 0 Å². The van der Waals surface area contributed by atoms with Crippen LogP contribution in [0.2, 0.25) is 0 Å². The van der Waals surface area contributed by atoms with Gasteiger partial charge in [-0.05, 0) is 36.7 Å². The maximum absolute atomic E-state index is 11.2. The maximum Gasteiger partial charge on any atom is 0.303 e. The van der Waals surface area contributed by atoms with Gasteiger partial charge in [-0.25, -0.2) is 0 Å². The van der Waals surface area contributed by atoms with Crippen LogP contribution >= 0.6 is 0 Å². The SMILES string of the molecule is CC(=O)OC(C#CC1=CCCCC1)[C@H](C)C(C)(C)C. The number of rotatable bonds is 2. The summed E-state index contributed by atoms with van der Waals surface area (Å²) in [5.41, 5.74) is 1.26. The minimum Gasteiger partial charge on any atom is -0.449 e. The van der Waals surface area contributed by atoms with Crippen molar-refractivity contribution in [3.8, 4) is 11.8 Å². The molecule has 1 unspecified atom stereocenters. The minimum atomic E-state index is -0.319. The smallest absolute Gasteiger partial charge is 0.303 e. The van der Waals surface area contributed by atoms with Crippen molar-refractivity contribution in [2.75, 3.05) is 0 Å². The van der Waals surface area contributed by atoms with E-state index in [1.165, 1.54) is 25.3 Å². The third-order valence-electron chi connectivity index (χ3n) is 3.78. The molecule has 1 rings (SSSR count). The summed E-state index contributed by atoms with van der Waals surface area (Å²) in [6.07, 6.45) is 6.55. The first kappa shape index (κ1) is 15.8. The highest BCUT2D eigenvalue weighted by Crippen LogP contribution is 2.29. The second-order valence-electron chi connectivity index (χ2n) is 6.43. The molecule has 0 spiro atoms. The second kappa shape index (κ2) is 6.80. The molecule has 2 atom stereocenters. The van der Waals surface area contributed by atoms with Crippen LogP contribution in [0.3, 0.4) is 0 Å². The van der Waals surface area contributed by atoms with E-state index in [1.54, 1.807) is 0 Å². The summed E-state index contributed by atoms with van der Waals surface area (Å²) in [6, 6.07) is 0. The van der Waals surface area contributed by atoms with Gasteiger partial charge in [0.25, 0.3) is 0 Å². The molecule has 1 aliphatic rings. The maximum atomic E-state index is 11.2. The number of hydrogen-bond acceptors (Lipinski definition) is 2. The Hall–Kier alpha value is -1.23. The summed E-state index contributed by atoms with van der Waals surface area (Å²) in [5, 5.41) is 0. The van der Waals surface area contributed by atoms with Crippen molar-refractivity contribution >= 4 is 5.97 Å². The van der Waals surface area contributed by atoms with Crippen LogP contribution in [0.15, 0.2) is 11.6 Å². The van der Waals surface area contributed by atoms with Crippen molar-refractivity contribution in [2.45, 2.75) is 66.4 Å². The number of hydrogen-bond donors (Lipinski definition) is 0. The molecule has 0 saturated carbocycles. The molecular formula is C17H26O2. The average Bonchev–Trinajstić information content (AvgIpc) is 2.33. The summed E-state index contributed by atoms with van der Waals surface area (Å²) in [6.45, 7) is 9.99. The first-order chi connectivity index (χ1) is 8.80. The molecule has 0 fully saturated rings.